The predicted octanol–water partition coefficient (Wildman–Crippen LogP) is 6.11. The maximum absolute atomic E-state index is 13.6. The lowest BCUT2D eigenvalue weighted by Crippen LogP contribution is -2.42. The van der Waals surface area contributed by atoms with Gasteiger partial charge in [-0.2, -0.15) is 5.26 Å². The van der Waals surface area contributed by atoms with E-state index in [0.29, 0.717) is 17.8 Å². The lowest BCUT2D eigenvalue weighted by atomic mass is 9.69. The van der Waals surface area contributed by atoms with Crippen LogP contribution in [0.25, 0.3) is 0 Å². The number of anilines is 1. The van der Waals surface area contributed by atoms with Crippen molar-refractivity contribution in [1.82, 2.24) is 0 Å². The summed E-state index contributed by atoms with van der Waals surface area (Å²) in [6, 6.07) is 12.5. The van der Waals surface area contributed by atoms with Crippen LogP contribution >= 0.6 is 23.1 Å². The first-order valence-electron chi connectivity index (χ1n) is 10.5. The second-order valence-corrected chi connectivity index (χ2v) is 11.2. The summed E-state index contributed by atoms with van der Waals surface area (Å²) < 4.78 is 0. The molecular weight excluding hydrogens is 422 g/mol. The smallest absolute Gasteiger partial charge is 0.162 e. The maximum atomic E-state index is 13.6. The number of ketones is 1. The second-order valence-electron chi connectivity index (χ2n) is 8.90. The molecule has 2 heterocycles. The van der Waals surface area contributed by atoms with Gasteiger partial charge in [0, 0.05) is 33.2 Å². The van der Waals surface area contributed by atoms with Gasteiger partial charge in [0.15, 0.2) is 5.78 Å². The number of nitriles is 1. The molecule has 1 aromatic heterocycles. The van der Waals surface area contributed by atoms with Gasteiger partial charge < -0.3 is 5.73 Å². The highest BCUT2D eigenvalue weighted by Crippen LogP contribution is 2.52. The van der Waals surface area contributed by atoms with E-state index in [2.05, 4.69) is 39.0 Å². The van der Waals surface area contributed by atoms with Gasteiger partial charge in [-0.3, -0.25) is 9.69 Å². The molecular formula is C25H27N3OS2. The molecule has 2 aromatic rings. The van der Waals surface area contributed by atoms with Gasteiger partial charge in [-0.1, -0.05) is 32.9 Å². The van der Waals surface area contributed by atoms with Gasteiger partial charge in [-0.05, 0) is 53.7 Å². The number of carbonyl (C=O) groups is 1. The van der Waals surface area contributed by atoms with Gasteiger partial charge in [0.2, 0.25) is 0 Å². The Morgan fingerprint density at radius 1 is 1.32 bits per heavy atom. The van der Waals surface area contributed by atoms with E-state index in [1.807, 2.05) is 35.4 Å². The van der Waals surface area contributed by atoms with Crippen molar-refractivity contribution in [3.8, 4) is 6.07 Å². The molecule has 1 aliphatic heterocycles. The van der Waals surface area contributed by atoms with Crippen LogP contribution in [0.5, 0.6) is 0 Å². The van der Waals surface area contributed by atoms with Gasteiger partial charge in [0.25, 0.3) is 0 Å². The van der Waals surface area contributed by atoms with Crippen LogP contribution in [0.2, 0.25) is 0 Å². The Morgan fingerprint density at radius 2 is 2.10 bits per heavy atom. The molecule has 0 amide bonds. The van der Waals surface area contributed by atoms with E-state index >= 15 is 0 Å². The number of nitrogens with zero attached hydrogens (tertiary/aromatic N) is 2. The standard InChI is InChI=1S/C25H27N3OS2/c1-5-30-20-9-10-31-23(20)21-17(14-26)24(27)28(16-8-6-7-15(2)11-16)18-12-25(3,4)13-19(29)22(18)21/h6-11,21H,5,12-13,27H2,1-4H3/t21-/m1/s1. The molecule has 0 spiro atoms. The number of thiophene rings is 1. The van der Waals surface area contributed by atoms with E-state index in [1.165, 1.54) is 0 Å². The fourth-order valence-corrected chi connectivity index (χ4v) is 6.68. The van der Waals surface area contributed by atoms with Crippen LogP contribution in [0.1, 0.15) is 50.0 Å². The number of hydrogen-bond donors (Lipinski definition) is 1. The number of rotatable bonds is 4. The number of carbonyl (C=O) groups excluding carboxylic acids is 1. The highest BCUT2D eigenvalue weighted by Gasteiger charge is 2.45. The molecule has 31 heavy (non-hydrogen) atoms. The molecule has 2 N–H and O–H groups in total. The second kappa shape index (κ2) is 8.22. The van der Waals surface area contributed by atoms with Gasteiger partial charge in [-0.15, -0.1) is 23.1 Å². The molecule has 0 saturated heterocycles. The van der Waals surface area contributed by atoms with E-state index in [9.17, 15) is 10.1 Å². The SMILES string of the molecule is CCSc1ccsc1[C@@H]1C(C#N)=C(N)N(c2cccc(C)c2)C2=C1C(=O)CC(C)(C)C2. The molecule has 0 unspecified atom stereocenters. The highest BCUT2D eigenvalue weighted by molar-refractivity contribution is 7.99. The zero-order chi connectivity index (χ0) is 22.3. The third-order valence-electron chi connectivity index (χ3n) is 5.86. The van der Waals surface area contributed by atoms with Crippen LogP contribution in [0.4, 0.5) is 5.69 Å². The molecule has 0 radical (unpaired) electrons. The minimum absolute atomic E-state index is 0.120. The van der Waals surface area contributed by atoms with Crippen LogP contribution in [-0.2, 0) is 4.79 Å². The molecule has 4 rings (SSSR count). The molecule has 0 bridgehead atoms. The van der Waals surface area contributed by atoms with E-state index < -0.39 is 5.92 Å². The van der Waals surface area contributed by atoms with Crippen molar-refractivity contribution < 1.29 is 4.79 Å². The first-order chi connectivity index (χ1) is 14.8. The van der Waals surface area contributed by atoms with Crippen LogP contribution in [-0.4, -0.2) is 11.5 Å². The topological polar surface area (TPSA) is 70.1 Å². The van der Waals surface area contributed by atoms with E-state index in [1.54, 1.807) is 23.1 Å². The number of allylic oxidation sites excluding steroid dienone is 3. The summed E-state index contributed by atoms with van der Waals surface area (Å²) in [6.07, 6.45) is 1.21. The van der Waals surface area contributed by atoms with E-state index in [4.69, 9.17) is 5.73 Å². The predicted molar refractivity (Wildman–Crippen MR) is 129 cm³/mol. The van der Waals surface area contributed by atoms with Crippen molar-refractivity contribution in [2.75, 3.05) is 10.7 Å². The van der Waals surface area contributed by atoms with Crippen LogP contribution in [0, 0.1) is 23.7 Å². The van der Waals surface area contributed by atoms with Crippen LogP contribution in [0.3, 0.4) is 0 Å². The third-order valence-corrected chi connectivity index (χ3v) is 7.93. The molecule has 1 aliphatic carbocycles. The Kier molecular flexibility index (Phi) is 5.76. The summed E-state index contributed by atoms with van der Waals surface area (Å²) in [5.41, 5.74) is 10.7. The van der Waals surface area contributed by atoms with Crippen molar-refractivity contribution in [2.24, 2.45) is 11.1 Å². The van der Waals surface area contributed by atoms with Crippen molar-refractivity contribution >= 4 is 34.6 Å². The summed E-state index contributed by atoms with van der Waals surface area (Å²) >= 11 is 3.35. The number of benzene rings is 1. The summed E-state index contributed by atoms with van der Waals surface area (Å²) in [6.45, 7) is 8.40. The zero-order valence-electron chi connectivity index (χ0n) is 18.4. The minimum Gasteiger partial charge on any atom is -0.384 e. The maximum Gasteiger partial charge on any atom is 0.162 e. The monoisotopic (exact) mass is 449 g/mol. The molecule has 1 atom stereocenters. The average Bonchev–Trinajstić information content (AvgIpc) is 3.14. The first-order valence-corrected chi connectivity index (χ1v) is 12.4. The molecule has 4 nitrogen and oxygen atoms in total. The molecule has 1 aromatic carbocycles. The molecule has 160 valence electrons. The van der Waals surface area contributed by atoms with Gasteiger partial charge in [-0.25, -0.2) is 0 Å². The van der Waals surface area contributed by atoms with Crippen LogP contribution in [0.15, 0.2) is 63.3 Å². The Labute approximate surface area is 192 Å². The quantitative estimate of drug-likeness (QED) is 0.570. The molecule has 0 fully saturated rings. The largest absolute Gasteiger partial charge is 0.384 e. The first kappa shape index (κ1) is 21.7. The summed E-state index contributed by atoms with van der Waals surface area (Å²) in [5, 5.41) is 12.2. The van der Waals surface area contributed by atoms with Gasteiger partial charge in [0.1, 0.15) is 5.82 Å². The summed E-state index contributed by atoms with van der Waals surface area (Å²) in [5.74, 6) is 1.09. The van der Waals surface area contributed by atoms with Gasteiger partial charge in [0.05, 0.1) is 17.6 Å². The number of hydrogen-bond acceptors (Lipinski definition) is 6. The number of Topliss-reactive ketones (excluding diaryl/α,β-unsaturated/α-hetero) is 1. The Bertz CT molecular complexity index is 1150. The van der Waals surface area contributed by atoms with Crippen LogP contribution < -0.4 is 10.6 Å². The lowest BCUT2D eigenvalue weighted by molar-refractivity contribution is -0.118. The van der Waals surface area contributed by atoms with Crippen molar-refractivity contribution in [1.29, 1.82) is 5.26 Å². The Balaban J connectivity index is 2.00. The van der Waals surface area contributed by atoms with Crippen molar-refractivity contribution in [2.45, 2.75) is 51.3 Å². The van der Waals surface area contributed by atoms with Gasteiger partial charge >= 0.3 is 0 Å². The fourth-order valence-electron chi connectivity index (χ4n) is 4.63. The third kappa shape index (κ3) is 3.81. The number of nitrogens with two attached hydrogens (primary N) is 1. The molecule has 6 heteroatoms. The zero-order valence-corrected chi connectivity index (χ0v) is 20.0. The van der Waals surface area contributed by atoms with E-state index in [-0.39, 0.29) is 11.2 Å². The lowest BCUT2D eigenvalue weighted by Gasteiger charge is -2.43. The highest BCUT2D eigenvalue weighted by atomic mass is 32.2. The number of thioether (sulfide) groups is 1. The number of aryl methyl sites for hydroxylation is 1. The van der Waals surface area contributed by atoms with E-state index in [0.717, 1.165) is 44.5 Å². The normalized spacial score (nSPS) is 20.7. The minimum atomic E-state index is -0.390. The van der Waals surface area contributed by atoms with Crippen molar-refractivity contribution in [3.63, 3.8) is 0 Å². The Morgan fingerprint density at radius 3 is 2.77 bits per heavy atom. The Hall–Kier alpha value is -2.49. The summed E-state index contributed by atoms with van der Waals surface area (Å²) in [4.78, 5) is 17.7. The van der Waals surface area contributed by atoms with Crippen molar-refractivity contribution in [3.05, 3.63) is 68.8 Å². The average molecular weight is 450 g/mol. The molecule has 2 aliphatic rings. The fraction of sp³-hybridized carbons (Fsp3) is 0.360. The summed E-state index contributed by atoms with van der Waals surface area (Å²) in [7, 11) is 0. The molecule has 0 saturated carbocycles.